The van der Waals surface area contributed by atoms with Crippen LogP contribution in [0.5, 0.6) is 11.5 Å². The highest BCUT2D eigenvalue weighted by Crippen LogP contribution is 2.35. The first-order chi connectivity index (χ1) is 9.35. The van der Waals surface area contributed by atoms with Gasteiger partial charge in [0.25, 0.3) is 0 Å². The quantitative estimate of drug-likeness (QED) is 0.769. The maximum absolute atomic E-state index is 5.66. The highest BCUT2D eigenvalue weighted by molar-refractivity contribution is 7.15. The van der Waals surface area contributed by atoms with Gasteiger partial charge in [-0.2, -0.15) is 4.98 Å². The zero-order valence-electron chi connectivity index (χ0n) is 9.87. The Hall–Kier alpha value is -2.12. The van der Waals surface area contributed by atoms with Gasteiger partial charge in [0.2, 0.25) is 11.8 Å². The molecule has 2 aromatic heterocycles. The summed E-state index contributed by atoms with van der Waals surface area (Å²) in [7, 11) is 0. The van der Waals surface area contributed by atoms with Gasteiger partial charge in [0.05, 0.1) is 5.69 Å². The molecule has 2 N–H and O–H groups in total. The molecule has 0 amide bonds. The molecule has 0 saturated heterocycles. The zero-order valence-corrected chi connectivity index (χ0v) is 10.7. The minimum Gasteiger partial charge on any atom is -0.454 e. The number of aromatic nitrogens is 3. The van der Waals surface area contributed by atoms with Gasteiger partial charge >= 0.3 is 0 Å². The van der Waals surface area contributed by atoms with E-state index in [0.717, 1.165) is 27.7 Å². The van der Waals surface area contributed by atoms with E-state index in [4.69, 9.17) is 15.2 Å². The Bertz CT molecular complexity index is 764. The molecule has 1 aliphatic rings. The minimum atomic E-state index is 0.266. The molecule has 4 rings (SSSR count). The topological polar surface area (TPSA) is 74.7 Å². The highest BCUT2D eigenvalue weighted by atomic mass is 32.1. The number of ether oxygens (including phenoxy) is 2. The standard InChI is InChI=1S/C12H10N4O2S/c13-4-8-5-19-12-14-11(15-16(8)12)7-1-2-9-10(3-7)18-6-17-9/h1-3,5H,4,6,13H2. The van der Waals surface area contributed by atoms with Gasteiger partial charge in [-0.25, -0.2) is 4.52 Å². The average molecular weight is 274 g/mol. The number of nitrogens with two attached hydrogens (primary N) is 1. The number of rotatable bonds is 2. The second-order valence-corrected chi connectivity index (χ2v) is 4.97. The summed E-state index contributed by atoms with van der Waals surface area (Å²) in [5.41, 5.74) is 7.53. The van der Waals surface area contributed by atoms with Gasteiger partial charge in [0.1, 0.15) is 0 Å². The van der Waals surface area contributed by atoms with E-state index in [-0.39, 0.29) is 6.79 Å². The van der Waals surface area contributed by atoms with Crippen molar-refractivity contribution in [3.05, 3.63) is 29.3 Å². The smallest absolute Gasteiger partial charge is 0.231 e. The van der Waals surface area contributed by atoms with Crippen LogP contribution in [0.4, 0.5) is 0 Å². The minimum absolute atomic E-state index is 0.266. The Morgan fingerprint density at radius 2 is 2.21 bits per heavy atom. The fraction of sp³-hybridized carbons (Fsp3) is 0.167. The lowest BCUT2D eigenvalue weighted by atomic mass is 10.2. The van der Waals surface area contributed by atoms with Gasteiger partial charge in [0, 0.05) is 17.5 Å². The van der Waals surface area contributed by atoms with E-state index in [1.165, 1.54) is 11.3 Å². The highest BCUT2D eigenvalue weighted by Gasteiger charge is 2.16. The Balaban J connectivity index is 1.83. The van der Waals surface area contributed by atoms with Crippen LogP contribution < -0.4 is 15.2 Å². The van der Waals surface area contributed by atoms with E-state index in [1.54, 1.807) is 4.52 Å². The van der Waals surface area contributed by atoms with E-state index < -0.39 is 0 Å². The molecule has 3 heterocycles. The lowest BCUT2D eigenvalue weighted by Gasteiger charge is -1.98. The van der Waals surface area contributed by atoms with E-state index in [2.05, 4.69) is 10.1 Å². The van der Waals surface area contributed by atoms with Crippen LogP contribution in [0, 0.1) is 0 Å². The number of thiazole rings is 1. The molecule has 1 aliphatic heterocycles. The van der Waals surface area contributed by atoms with E-state index in [9.17, 15) is 0 Å². The van der Waals surface area contributed by atoms with Crippen LogP contribution in [-0.2, 0) is 6.54 Å². The SMILES string of the molecule is NCc1csc2nc(-c3ccc4c(c3)OCO4)nn12. The lowest BCUT2D eigenvalue weighted by molar-refractivity contribution is 0.174. The molecule has 0 atom stereocenters. The third-order valence-electron chi connectivity index (χ3n) is 2.99. The molecule has 0 bridgehead atoms. The van der Waals surface area contributed by atoms with Crippen LogP contribution >= 0.6 is 11.3 Å². The number of nitrogens with zero attached hydrogens (tertiary/aromatic N) is 3. The molecule has 0 unspecified atom stereocenters. The molecule has 3 aromatic rings. The molecule has 1 aromatic carbocycles. The van der Waals surface area contributed by atoms with Crippen molar-refractivity contribution < 1.29 is 9.47 Å². The summed E-state index contributed by atoms with van der Waals surface area (Å²) in [6, 6.07) is 5.69. The molecule has 0 spiro atoms. The molecular formula is C12H10N4O2S. The van der Waals surface area contributed by atoms with Gasteiger partial charge in [-0.1, -0.05) is 0 Å². The third-order valence-corrected chi connectivity index (χ3v) is 3.85. The first kappa shape index (κ1) is 10.8. The molecule has 0 aliphatic carbocycles. The van der Waals surface area contributed by atoms with Crippen LogP contribution in [0.3, 0.4) is 0 Å². The van der Waals surface area contributed by atoms with E-state index in [1.807, 2.05) is 23.6 Å². The summed E-state index contributed by atoms with van der Waals surface area (Å²) >= 11 is 1.53. The fourth-order valence-electron chi connectivity index (χ4n) is 2.02. The van der Waals surface area contributed by atoms with Crippen LogP contribution in [0.1, 0.15) is 5.69 Å². The van der Waals surface area contributed by atoms with Crippen molar-refractivity contribution in [3.8, 4) is 22.9 Å². The summed E-state index contributed by atoms with van der Waals surface area (Å²) in [5.74, 6) is 2.15. The first-order valence-electron chi connectivity index (χ1n) is 5.78. The van der Waals surface area contributed by atoms with Crippen LogP contribution in [0.25, 0.3) is 16.3 Å². The molecule has 19 heavy (non-hydrogen) atoms. The molecule has 0 fully saturated rings. The third kappa shape index (κ3) is 1.59. The van der Waals surface area contributed by atoms with Crippen molar-refractivity contribution in [2.24, 2.45) is 5.73 Å². The number of hydrogen-bond acceptors (Lipinski definition) is 6. The summed E-state index contributed by atoms with van der Waals surface area (Å²) in [6.45, 7) is 0.714. The Kier molecular flexibility index (Phi) is 2.23. The van der Waals surface area contributed by atoms with Gasteiger partial charge in [-0.3, -0.25) is 0 Å². The zero-order chi connectivity index (χ0) is 12.8. The molecule has 6 nitrogen and oxygen atoms in total. The Morgan fingerprint density at radius 1 is 1.32 bits per heavy atom. The number of hydrogen-bond donors (Lipinski definition) is 1. The van der Waals surface area contributed by atoms with Crippen LogP contribution in [-0.4, -0.2) is 21.4 Å². The molecular weight excluding hydrogens is 264 g/mol. The van der Waals surface area contributed by atoms with E-state index in [0.29, 0.717) is 12.4 Å². The van der Waals surface area contributed by atoms with Crippen molar-refractivity contribution >= 4 is 16.3 Å². The predicted molar refractivity (Wildman–Crippen MR) is 70.3 cm³/mol. The molecule has 0 radical (unpaired) electrons. The number of benzene rings is 1. The average Bonchev–Trinajstić information content (AvgIpc) is 3.12. The van der Waals surface area contributed by atoms with Gasteiger partial charge in [-0.05, 0) is 18.2 Å². The summed E-state index contributed by atoms with van der Waals surface area (Å²) < 4.78 is 12.4. The summed E-state index contributed by atoms with van der Waals surface area (Å²) in [5, 5.41) is 6.45. The second kappa shape index (κ2) is 3.94. The van der Waals surface area contributed by atoms with Crippen molar-refractivity contribution in [1.82, 2.24) is 14.6 Å². The normalized spacial score (nSPS) is 13.3. The van der Waals surface area contributed by atoms with Gasteiger partial charge in [-0.15, -0.1) is 16.4 Å². The van der Waals surface area contributed by atoms with Crippen molar-refractivity contribution in [2.45, 2.75) is 6.54 Å². The Morgan fingerprint density at radius 3 is 3.11 bits per heavy atom. The van der Waals surface area contributed by atoms with Crippen molar-refractivity contribution in [3.63, 3.8) is 0 Å². The van der Waals surface area contributed by atoms with Crippen molar-refractivity contribution in [1.29, 1.82) is 0 Å². The first-order valence-corrected chi connectivity index (χ1v) is 6.66. The Labute approximate surface area is 112 Å². The van der Waals surface area contributed by atoms with E-state index >= 15 is 0 Å². The summed E-state index contributed by atoms with van der Waals surface area (Å²) in [4.78, 5) is 5.34. The van der Waals surface area contributed by atoms with Crippen molar-refractivity contribution in [2.75, 3.05) is 6.79 Å². The molecule has 7 heteroatoms. The largest absolute Gasteiger partial charge is 0.454 e. The van der Waals surface area contributed by atoms with Crippen LogP contribution in [0.15, 0.2) is 23.6 Å². The van der Waals surface area contributed by atoms with Crippen LogP contribution in [0.2, 0.25) is 0 Å². The predicted octanol–water partition coefficient (Wildman–Crippen LogP) is 1.65. The molecule has 0 saturated carbocycles. The lowest BCUT2D eigenvalue weighted by Crippen LogP contribution is -2.01. The maximum atomic E-state index is 5.66. The fourth-order valence-corrected chi connectivity index (χ4v) is 2.86. The summed E-state index contributed by atoms with van der Waals surface area (Å²) in [6.07, 6.45) is 0. The van der Waals surface area contributed by atoms with Gasteiger partial charge in [0.15, 0.2) is 17.3 Å². The molecule has 96 valence electrons. The monoisotopic (exact) mass is 274 g/mol. The number of fused-ring (bicyclic) bond motifs is 2. The second-order valence-electron chi connectivity index (χ2n) is 4.13. The maximum Gasteiger partial charge on any atom is 0.231 e. The van der Waals surface area contributed by atoms with Gasteiger partial charge < -0.3 is 15.2 Å².